The molecule has 1 unspecified atom stereocenters. The van der Waals surface area contributed by atoms with Crippen LogP contribution in [0.4, 0.5) is 5.69 Å². The number of fused-ring (bicyclic) bond motifs is 1. The van der Waals surface area contributed by atoms with Crippen molar-refractivity contribution in [2.24, 2.45) is 11.7 Å². The predicted octanol–water partition coefficient (Wildman–Crippen LogP) is 3.24. The smallest absolute Gasteiger partial charge is 0.163 e. The summed E-state index contributed by atoms with van der Waals surface area (Å²) in [5, 5.41) is 0. The molecule has 0 fully saturated rings. The fourth-order valence-corrected chi connectivity index (χ4v) is 2.79. The van der Waals surface area contributed by atoms with Crippen LogP contribution in [0, 0.1) is 5.92 Å². The lowest BCUT2D eigenvalue weighted by atomic mass is 10.0. The monoisotopic (exact) mass is 304 g/mol. The molecule has 0 aromatic heterocycles. The van der Waals surface area contributed by atoms with E-state index in [1.165, 1.54) is 0 Å². The van der Waals surface area contributed by atoms with Gasteiger partial charge in [-0.25, -0.2) is 0 Å². The first-order chi connectivity index (χ1) is 10.6. The van der Waals surface area contributed by atoms with Gasteiger partial charge in [-0.05, 0) is 43.5 Å². The molecule has 0 saturated heterocycles. The van der Waals surface area contributed by atoms with Crippen LogP contribution in [0.1, 0.15) is 50.4 Å². The summed E-state index contributed by atoms with van der Waals surface area (Å²) >= 11 is 0. The summed E-state index contributed by atoms with van der Waals surface area (Å²) in [5.41, 5.74) is 7.31. The van der Waals surface area contributed by atoms with Gasteiger partial charge in [-0.15, -0.1) is 0 Å². The van der Waals surface area contributed by atoms with E-state index in [4.69, 9.17) is 10.5 Å². The molecule has 1 aliphatic heterocycles. The Morgan fingerprint density at radius 3 is 2.86 bits per heavy atom. The molecule has 0 amide bonds. The van der Waals surface area contributed by atoms with Gasteiger partial charge in [0.1, 0.15) is 11.9 Å². The zero-order chi connectivity index (χ0) is 16.1. The summed E-state index contributed by atoms with van der Waals surface area (Å²) in [6.07, 6.45) is 2.53. The van der Waals surface area contributed by atoms with Gasteiger partial charge in [-0.2, -0.15) is 0 Å². The summed E-state index contributed by atoms with van der Waals surface area (Å²) in [4.78, 5) is 14.6. The average Bonchev–Trinajstić information content (AvgIpc) is 2.52. The summed E-state index contributed by atoms with van der Waals surface area (Å²) in [6, 6.07) is 5.81. The minimum atomic E-state index is 0.163. The van der Waals surface area contributed by atoms with Crippen molar-refractivity contribution >= 4 is 11.5 Å². The molecule has 0 radical (unpaired) electrons. The van der Waals surface area contributed by atoms with Gasteiger partial charge in [0.15, 0.2) is 5.78 Å². The normalized spacial score (nSPS) is 17.3. The minimum Gasteiger partial charge on any atom is -0.486 e. The molecule has 4 heteroatoms. The van der Waals surface area contributed by atoms with Crippen LogP contribution in [0.5, 0.6) is 5.75 Å². The standard InChI is InChI=1S/C18H28N2O2/c1-4-10-20-12-18(13(2)3)22-17-8-7-14(11-15(17)20)16(21)6-5-9-19/h7-8,11,13,18H,4-6,9-10,12,19H2,1-3H3. The van der Waals surface area contributed by atoms with Gasteiger partial charge in [0.2, 0.25) is 0 Å². The van der Waals surface area contributed by atoms with Crippen molar-refractivity contribution in [1.82, 2.24) is 0 Å². The average molecular weight is 304 g/mol. The van der Waals surface area contributed by atoms with E-state index >= 15 is 0 Å². The van der Waals surface area contributed by atoms with Crippen LogP contribution >= 0.6 is 0 Å². The molecule has 1 aromatic carbocycles. The Kier molecular flexibility index (Phi) is 5.83. The first-order valence-electron chi connectivity index (χ1n) is 8.35. The molecule has 0 aliphatic carbocycles. The predicted molar refractivity (Wildman–Crippen MR) is 90.8 cm³/mol. The molecular formula is C18H28N2O2. The molecule has 1 atom stereocenters. The topological polar surface area (TPSA) is 55.6 Å². The Morgan fingerprint density at radius 2 is 2.23 bits per heavy atom. The first kappa shape index (κ1) is 16.8. The van der Waals surface area contributed by atoms with Gasteiger partial charge in [0.25, 0.3) is 0 Å². The molecule has 2 rings (SSSR count). The molecule has 2 N–H and O–H groups in total. The van der Waals surface area contributed by atoms with Gasteiger partial charge < -0.3 is 15.4 Å². The second-order valence-corrected chi connectivity index (χ2v) is 6.34. The van der Waals surface area contributed by atoms with E-state index in [1.807, 2.05) is 18.2 Å². The van der Waals surface area contributed by atoms with E-state index in [9.17, 15) is 4.79 Å². The molecule has 0 saturated carbocycles. The van der Waals surface area contributed by atoms with Gasteiger partial charge in [-0.3, -0.25) is 4.79 Å². The van der Waals surface area contributed by atoms with Crippen molar-refractivity contribution < 1.29 is 9.53 Å². The number of carbonyl (C=O) groups is 1. The van der Waals surface area contributed by atoms with Crippen molar-refractivity contribution in [2.75, 3.05) is 24.5 Å². The third-order valence-corrected chi connectivity index (χ3v) is 4.15. The highest BCUT2D eigenvalue weighted by Crippen LogP contribution is 2.36. The number of nitrogens with two attached hydrogens (primary N) is 1. The number of Topliss-reactive ketones (excluding diaryl/α,β-unsaturated/α-hetero) is 1. The van der Waals surface area contributed by atoms with Crippen LogP contribution in [-0.2, 0) is 0 Å². The fraction of sp³-hybridized carbons (Fsp3) is 0.611. The van der Waals surface area contributed by atoms with Crippen molar-refractivity contribution in [3.8, 4) is 5.75 Å². The van der Waals surface area contributed by atoms with Crippen LogP contribution in [-0.4, -0.2) is 31.5 Å². The number of ketones is 1. The van der Waals surface area contributed by atoms with Gasteiger partial charge >= 0.3 is 0 Å². The van der Waals surface area contributed by atoms with Gasteiger partial charge in [0, 0.05) is 18.5 Å². The van der Waals surface area contributed by atoms with Crippen molar-refractivity contribution in [2.45, 2.75) is 46.1 Å². The zero-order valence-electron chi connectivity index (χ0n) is 14.0. The molecular weight excluding hydrogens is 276 g/mol. The molecule has 122 valence electrons. The van der Waals surface area contributed by atoms with Crippen LogP contribution in [0.15, 0.2) is 18.2 Å². The molecule has 1 heterocycles. The number of hydrogen-bond donors (Lipinski definition) is 1. The number of nitrogens with zero attached hydrogens (tertiary/aromatic N) is 1. The molecule has 1 aliphatic rings. The lowest BCUT2D eigenvalue weighted by Crippen LogP contribution is -2.43. The maximum atomic E-state index is 12.2. The van der Waals surface area contributed by atoms with Crippen LogP contribution in [0.25, 0.3) is 0 Å². The summed E-state index contributed by atoms with van der Waals surface area (Å²) in [7, 11) is 0. The summed E-state index contributed by atoms with van der Waals surface area (Å²) in [5.74, 6) is 1.53. The minimum absolute atomic E-state index is 0.163. The van der Waals surface area contributed by atoms with Crippen molar-refractivity contribution in [1.29, 1.82) is 0 Å². The quantitative estimate of drug-likeness (QED) is 0.786. The van der Waals surface area contributed by atoms with E-state index in [0.29, 0.717) is 18.9 Å². The maximum absolute atomic E-state index is 12.2. The number of hydrogen-bond acceptors (Lipinski definition) is 4. The third kappa shape index (κ3) is 3.80. The van der Waals surface area contributed by atoms with E-state index in [-0.39, 0.29) is 11.9 Å². The highest BCUT2D eigenvalue weighted by molar-refractivity contribution is 5.97. The van der Waals surface area contributed by atoms with Crippen LogP contribution < -0.4 is 15.4 Å². The largest absolute Gasteiger partial charge is 0.486 e. The fourth-order valence-electron chi connectivity index (χ4n) is 2.79. The second kappa shape index (κ2) is 7.63. The second-order valence-electron chi connectivity index (χ2n) is 6.34. The highest BCUT2D eigenvalue weighted by atomic mass is 16.5. The van der Waals surface area contributed by atoms with Gasteiger partial charge in [-0.1, -0.05) is 20.8 Å². The van der Waals surface area contributed by atoms with Crippen LogP contribution in [0.3, 0.4) is 0 Å². The molecule has 22 heavy (non-hydrogen) atoms. The Balaban J connectivity index is 2.26. The number of rotatable bonds is 7. The zero-order valence-corrected chi connectivity index (χ0v) is 14.0. The molecule has 4 nitrogen and oxygen atoms in total. The SMILES string of the molecule is CCCN1CC(C(C)C)Oc2ccc(C(=O)CCCN)cc21. The summed E-state index contributed by atoms with van der Waals surface area (Å²) in [6.45, 7) is 8.97. The molecule has 0 bridgehead atoms. The van der Waals surface area contributed by atoms with E-state index < -0.39 is 0 Å². The van der Waals surface area contributed by atoms with Gasteiger partial charge in [0.05, 0.1) is 12.2 Å². The van der Waals surface area contributed by atoms with Crippen LogP contribution in [0.2, 0.25) is 0 Å². The summed E-state index contributed by atoms with van der Waals surface area (Å²) < 4.78 is 6.11. The number of anilines is 1. The number of ether oxygens (including phenoxy) is 1. The lowest BCUT2D eigenvalue weighted by Gasteiger charge is -2.38. The number of carbonyl (C=O) groups excluding carboxylic acids is 1. The van der Waals surface area contributed by atoms with E-state index in [1.54, 1.807) is 0 Å². The maximum Gasteiger partial charge on any atom is 0.163 e. The Hall–Kier alpha value is -1.55. The third-order valence-electron chi connectivity index (χ3n) is 4.15. The Morgan fingerprint density at radius 1 is 1.45 bits per heavy atom. The van der Waals surface area contributed by atoms with E-state index in [0.717, 1.165) is 42.9 Å². The Bertz CT molecular complexity index is 514. The lowest BCUT2D eigenvalue weighted by molar-refractivity contribution is 0.0980. The van der Waals surface area contributed by atoms with Crippen molar-refractivity contribution in [3.63, 3.8) is 0 Å². The molecule has 0 spiro atoms. The Labute approximate surface area is 133 Å². The molecule has 1 aromatic rings. The van der Waals surface area contributed by atoms with E-state index in [2.05, 4.69) is 25.7 Å². The first-order valence-corrected chi connectivity index (χ1v) is 8.35. The highest BCUT2D eigenvalue weighted by Gasteiger charge is 2.28. The van der Waals surface area contributed by atoms with Crippen molar-refractivity contribution in [3.05, 3.63) is 23.8 Å². The number of benzene rings is 1.